The van der Waals surface area contributed by atoms with Gasteiger partial charge in [-0.2, -0.15) is 4.80 Å². The predicted octanol–water partition coefficient (Wildman–Crippen LogP) is 5.53. The first-order valence-electron chi connectivity index (χ1n) is 9.96. The standard InChI is InChI=1S/C23H20Cl2N4O3/c1-3-31-18-8-6-17(7-9-18)29-27-20-10-5-16(13-21(20)28-29)26-23(30)14(2)32-22-11-4-15(24)12-19(22)25/h4-14H,3H2,1-2H3,(H,26,30)/t14-/m1/s1. The number of hydrogen-bond acceptors (Lipinski definition) is 5. The van der Waals surface area contributed by atoms with Crippen molar-refractivity contribution in [3.8, 4) is 17.2 Å². The maximum Gasteiger partial charge on any atom is 0.265 e. The lowest BCUT2D eigenvalue weighted by molar-refractivity contribution is -0.122. The van der Waals surface area contributed by atoms with Crippen LogP contribution in [-0.2, 0) is 4.79 Å². The Kier molecular flexibility index (Phi) is 6.48. The molecule has 9 heteroatoms. The van der Waals surface area contributed by atoms with Gasteiger partial charge in [-0.05, 0) is 74.5 Å². The number of amides is 1. The zero-order chi connectivity index (χ0) is 22.7. The molecule has 4 aromatic rings. The summed E-state index contributed by atoms with van der Waals surface area (Å²) in [6.07, 6.45) is -0.774. The fourth-order valence-electron chi connectivity index (χ4n) is 3.01. The summed E-state index contributed by atoms with van der Waals surface area (Å²) in [4.78, 5) is 14.1. The van der Waals surface area contributed by atoms with Crippen LogP contribution in [0.1, 0.15) is 13.8 Å². The molecule has 0 saturated carbocycles. The number of rotatable bonds is 7. The summed E-state index contributed by atoms with van der Waals surface area (Å²) in [6, 6.07) is 17.7. The number of carbonyl (C=O) groups is 1. The number of halogens is 2. The Labute approximate surface area is 194 Å². The molecule has 0 aliphatic carbocycles. The van der Waals surface area contributed by atoms with E-state index in [2.05, 4.69) is 15.5 Å². The molecule has 1 atom stereocenters. The molecule has 1 amide bonds. The van der Waals surface area contributed by atoms with Crippen LogP contribution in [0.5, 0.6) is 11.5 Å². The molecule has 0 unspecified atom stereocenters. The second kappa shape index (κ2) is 9.46. The number of aromatic nitrogens is 3. The number of benzene rings is 3. The van der Waals surface area contributed by atoms with E-state index in [4.69, 9.17) is 32.7 Å². The molecule has 0 bridgehead atoms. The zero-order valence-corrected chi connectivity index (χ0v) is 18.9. The Morgan fingerprint density at radius 3 is 2.50 bits per heavy atom. The Balaban J connectivity index is 1.46. The number of hydrogen-bond donors (Lipinski definition) is 1. The fraction of sp³-hybridized carbons (Fsp3) is 0.174. The monoisotopic (exact) mass is 470 g/mol. The van der Waals surface area contributed by atoms with Crippen molar-refractivity contribution >= 4 is 45.8 Å². The third kappa shape index (κ3) is 4.95. The van der Waals surface area contributed by atoms with E-state index in [0.29, 0.717) is 39.1 Å². The van der Waals surface area contributed by atoms with Crippen molar-refractivity contribution in [2.24, 2.45) is 0 Å². The van der Waals surface area contributed by atoms with Gasteiger partial charge in [-0.1, -0.05) is 23.2 Å². The van der Waals surface area contributed by atoms with Crippen molar-refractivity contribution in [1.29, 1.82) is 0 Å². The van der Waals surface area contributed by atoms with Gasteiger partial charge in [0.05, 0.1) is 17.3 Å². The maximum absolute atomic E-state index is 12.6. The average molecular weight is 471 g/mol. The molecular formula is C23H20Cl2N4O3. The van der Waals surface area contributed by atoms with Crippen LogP contribution < -0.4 is 14.8 Å². The van der Waals surface area contributed by atoms with Crippen molar-refractivity contribution in [1.82, 2.24) is 15.0 Å². The summed E-state index contributed by atoms with van der Waals surface area (Å²) in [6.45, 7) is 4.18. The Bertz CT molecular complexity index is 1260. The number of nitrogens with zero attached hydrogens (tertiary/aromatic N) is 3. The van der Waals surface area contributed by atoms with Crippen LogP contribution >= 0.6 is 23.2 Å². The topological polar surface area (TPSA) is 78.3 Å². The van der Waals surface area contributed by atoms with Gasteiger partial charge in [0.25, 0.3) is 5.91 Å². The molecular weight excluding hydrogens is 451 g/mol. The highest BCUT2D eigenvalue weighted by Crippen LogP contribution is 2.28. The fourth-order valence-corrected chi connectivity index (χ4v) is 3.46. The Morgan fingerprint density at radius 2 is 1.78 bits per heavy atom. The molecule has 1 aromatic heterocycles. The molecule has 0 saturated heterocycles. The van der Waals surface area contributed by atoms with Gasteiger partial charge in [0.2, 0.25) is 0 Å². The third-order valence-corrected chi connectivity index (χ3v) is 5.12. The van der Waals surface area contributed by atoms with E-state index in [9.17, 15) is 4.79 Å². The summed E-state index contributed by atoms with van der Waals surface area (Å²) in [5.41, 5.74) is 2.73. The van der Waals surface area contributed by atoms with Gasteiger partial charge in [0.15, 0.2) is 6.10 Å². The van der Waals surface area contributed by atoms with Crippen molar-refractivity contribution in [3.05, 3.63) is 70.7 Å². The van der Waals surface area contributed by atoms with Gasteiger partial charge in [-0.25, -0.2) is 0 Å². The molecule has 4 rings (SSSR count). The summed E-state index contributed by atoms with van der Waals surface area (Å²) in [7, 11) is 0. The van der Waals surface area contributed by atoms with Crippen LogP contribution in [0.2, 0.25) is 10.0 Å². The molecule has 1 heterocycles. The summed E-state index contributed by atoms with van der Waals surface area (Å²) >= 11 is 12.0. The Hall–Kier alpha value is -3.29. The van der Waals surface area contributed by atoms with Gasteiger partial charge < -0.3 is 14.8 Å². The van der Waals surface area contributed by atoms with Crippen LogP contribution in [-0.4, -0.2) is 33.6 Å². The summed E-state index contributed by atoms with van der Waals surface area (Å²) in [5.74, 6) is 0.843. The number of anilines is 1. The largest absolute Gasteiger partial charge is 0.494 e. The van der Waals surface area contributed by atoms with E-state index < -0.39 is 6.10 Å². The van der Waals surface area contributed by atoms with Gasteiger partial charge in [-0.3, -0.25) is 4.79 Å². The predicted molar refractivity (Wildman–Crippen MR) is 125 cm³/mol. The summed E-state index contributed by atoms with van der Waals surface area (Å²) < 4.78 is 11.1. The van der Waals surface area contributed by atoms with Crippen LogP contribution in [0.15, 0.2) is 60.7 Å². The zero-order valence-electron chi connectivity index (χ0n) is 17.4. The van der Waals surface area contributed by atoms with E-state index in [-0.39, 0.29) is 5.91 Å². The van der Waals surface area contributed by atoms with Crippen LogP contribution in [0, 0.1) is 0 Å². The Morgan fingerprint density at radius 1 is 1.03 bits per heavy atom. The van der Waals surface area contributed by atoms with Gasteiger partial charge in [-0.15, -0.1) is 10.2 Å². The third-order valence-electron chi connectivity index (χ3n) is 4.59. The molecule has 0 radical (unpaired) electrons. The number of fused-ring (bicyclic) bond motifs is 1. The molecule has 3 aromatic carbocycles. The van der Waals surface area contributed by atoms with E-state index in [1.54, 1.807) is 48.1 Å². The average Bonchev–Trinajstić information content (AvgIpc) is 3.20. The highest BCUT2D eigenvalue weighted by molar-refractivity contribution is 6.35. The lowest BCUT2D eigenvalue weighted by Gasteiger charge is -2.15. The number of nitrogens with one attached hydrogen (secondary N) is 1. The van der Waals surface area contributed by atoms with Crippen molar-refractivity contribution < 1.29 is 14.3 Å². The van der Waals surface area contributed by atoms with Gasteiger partial charge in [0.1, 0.15) is 22.5 Å². The van der Waals surface area contributed by atoms with Gasteiger partial charge >= 0.3 is 0 Å². The van der Waals surface area contributed by atoms with Crippen LogP contribution in [0.3, 0.4) is 0 Å². The molecule has 0 spiro atoms. The highest BCUT2D eigenvalue weighted by atomic mass is 35.5. The lowest BCUT2D eigenvalue weighted by atomic mass is 10.2. The minimum Gasteiger partial charge on any atom is -0.494 e. The van der Waals surface area contributed by atoms with Crippen molar-refractivity contribution in [2.75, 3.05) is 11.9 Å². The van der Waals surface area contributed by atoms with E-state index in [1.807, 2.05) is 31.2 Å². The first kappa shape index (κ1) is 21.9. The van der Waals surface area contributed by atoms with E-state index in [0.717, 1.165) is 11.4 Å². The summed E-state index contributed by atoms with van der Waals surface area (Å²) in [5, 5.41) is 12.7. The second-order valence-corrected chi connectivity index (χ2v) is 7.79. The van der Waals surface area contributed by atoms with Crippen molar-refractivity contribution in [2.45, 2.75) is 20.0 Å². The first-order chi connectivity index (χ1) is 15.4. The van der Waals surface area contributed by atoms with E-state index >= 15 is 0 Å². The molecule has 0 aliphatic rings. The molecule has 0 fully saturated rings. The van der Waals surface area contributed by atoms with Gasteiger partial charge in [0, 0.05) is 10.7 Å². The quantitative estimate of drug-likeness (QED) is 0.384. The SMILES string of the molecule is CCOc1ccc(-n2nc3ccc(NC(=O)[C@@H](C)Oc4ccc(Cl)cc4Cl)cc3n2)cc1. The molecule has 0 aliphatic heterocycles. The smallest absolute Gasteiger partial charge is 0.265 e. The van der Waals surface area contributed by atoms with Crippen LogP contribution in [0.4, 0.5) is 5.69 Å². The molecule has 32 heavy (non-hydrogen) atoms. The number of carbonyl (C=O) groups excluding carboxylic acids is 1. The molecule has 164 valence electrons. The first-order valence-corrected chi connectivity index (χ1v) is 10.7. The second-order valence-electron chi connectivity index (χ2n) is 6.94. The number of ether oxygens (including phenoxy) is 2. The van der Waals surface area contributed by atoms with Crippen LogP contribution in [0.25, 0.3) is 16.7 Å². The maximum atomic E-state index is 12.6. The normalized spacial score (nSPS) is 11.9. The minimum absolute atomic E-state index is 0.325. The lowest BCUT2D eigenvalue weighted by Crippen LogP contribution is -2.30. The van der Waals surface area contributed by atoms with E-state index in [1.165, 1.54) is 0 Å². The molecule has 1 N–H and O–H groups in total. The minimum atomic E-state index is -0.774. The molecule has 7 nitrogen and oxygen atoms in total. The van der Waals surface area contributed by atoms with Crippen molar-refractivity contribution in [3.63, 3.8) is 0 Å². The highest BCUT2D eigenvalue weighted by Gasteiger charge is 2.17.